The van der Waals surface area contributed by atoms with Gasteiger partial charge in [0.25, 0.3) is 0 Å². The Hall–Kier alpha value is -2.34. The van der Waals surface area contributed by atoms with Crippen molar-refractivity contribution in [2.75, 3.05) is 19.0 Å². The Morgan fingerprint density at radius 3 is 2.48 bits per heavy atom. The molecule has 1 saturated heterocycles. The first-order valence-corrected chi connectivity index (χ1v) is 8.52. The Morgan fingerprint density at radius 2 is 1.88 bits per heavy atom. The molecule has 0 aromatic heterocycles. The third kappa shape index (κ3) is 3.54. The Balaban J connectivity index is 1.60. The number of nitrogens with one attached hydrogen (secondary N) is 1. The van der Waals surface area contributed by atoms with Crippen molar-refractivity contribution in [1.82, 2.24) is 4.90 Å². The lowest BCUT2D eigenvalue weighted by molar-refractivity contribution is -0.140. The second-order valence-corrected chi connectivity index (χ2v) is 6.56. The van der Waals surface area contributed by atoms with Crippen molar-refractivity contribution in [3.8, 4) is 5.75 Å². The first-order chi connectivity index (χ1) is 12.0. The van der Waals surface area contributed by atoms with Crippen LogP contribution in [-0.2, 0) is 14.4 Å². The van der Waals surface area contributed by atoms with E-state index in [9.17, 15) is 14.4 Å². The molecule has 1 heterocycles. The number of hydrogen-bond donors (Lipinski definition) is 1. The quantitative estimate of drug-likeness (QED) is 0.645. The van der Waals surface area contributed by atoms with Crippen LogP contribution < -0.4 is 10.1 Å². The molecule has 1 fully saturated rings. The molecule has 2 aliphatic rings. The van der Waals surface area contributed by atoms with E-state index in [0.29, 0.717) is 29.3 Å². The topological polar surface area (TPSA) is 75.7 Å². The van der Waals surface area contributed by atoms with Gasteiger partial charge in [0.2, 0.25) is 17.7 Å². The molecule has 0 unspecified atom stereocenters. The van der Waals surface area contributed by atoms with Gasteiger partial charge >= 0.3 is 0 Å². The Labute approximate surface area is 150 Å². The predicted octanol–water partition coefficient (Wildman–Crippen LogP) is 2.63. The van der Waals surface area contributed by atoms with Crippen LogP contribution in [-0.4, -0.2) is 36.3 Å². The Kier molecular flexibility index (Phi) is 5.08. The maximum Gasteiger partial charge on any atom is 0.233 e. The van der Waals surface area contributed by atoms with Crippen LogP contribution in [0.3, 0.4) is 0 Å². The lowest BCUT2D eigenvalue weighted by Gasteiger charge is -2.15. The molecular formula is C18H19ClN2O4. The highest BCUT2D eigenvalue weighted by Crippen LogP contribution is 2.35. The molecule has 1 aromatic carbocycles. The molecule has 6 nitrogen and oxygen atoms in total. The number of ether oxygens (including phenoxy) is 1. The van der Waals surface area contributed by atoms with Gasteiger partial charge in [-0.2, -0.15) is 0 Å². The van der Waals surface area contributed by atoms with Crippen molar-refractivity contribution in [1.29, 1.82) is 0 Å². The average Bonchev–Trinajstić information content (AvgIpc) is 2.85. The number of likely N-dealkylation sites (tertiary alicyclic amines) is 1. The third-order valence-corrected chi connectivity index (χ3v) is 4.83. The SMILES string of the molecule is COc1ccc(Cl)cc1NC(=O)CCN1C(=O)[C@@H]2CC=CC[C@H]2C1=O. The molecule has 1 aliphatic carbocycles. The van der Waals surface area contributed by atoms with E-state index in [2.05, 4.69) is 5.32 Å². The fourth-order valence-electron chi connectivity index (χ4n) is 3.29. The van der Waals surface area contributed by atoms with Crippen LogP contribution in [0.25, 0.3) is 0 Å². The van der Waals surface area contributed by atoms with E-state index in [0.717, 1.165) is 0 Å². The molecule has 1 aliphatic heterocycles. The number of nitrogens with zero attached hydrogens (tertiary/aromatic N) is 1. The maximum absolute atomic E-state index is 12.4. The van der Waals surface area contributed by atoms with E-state index in [-0.39, 0.29) is 42.5 Å². The van der Waals surface area contributed by atoms with E-state index in [4.69, 9.17) is 16.3 Å². The minimum absolute atomic E-state index is 0.0278. The standard InChI is InChI=1S/C18H19ClN2O4/c1-25-15-7-6-11(19)10-14(15)20-16(22)8-9-21-17(23)12-4-2-3-5-13(12)18(21)24/h2-3,6-7,10,12-13H,4-5,8-9H2,1H3,(H,20,22)/t12-,13-/m1/s1. The molecule has 0 radical (unpaired) electrons. The smallest absolute Gasteiger partial charge is 0.233 e. The minimum Gasteiger partial charge on any atom is -0.495 e. The van der Waals surface area contributed by atoms with Crippen LogP contribution in [0.4, 0.5) is 5.69 Å². The predicted molar refractivity (Wildman–Crippen MR) is 93.3 cm³/mol. The van der Waals surface area contributed by atoms with Crippen molar-refractivity contribution in [2.24, 2.45) is 11.8 Å². The highest BCUT2D eigenvalue weighted by Gasteiger charge is 2.46. The summed E-state index contributed by atoms with van der Waals surface area (Å²) in [5.74, 6) is -0.709. The highest BCUT2D eigenvalue weighted by molar-refractivity contribution is 6.31. The third-order valence-electron chi connectivity index (χ3n) is 4.60. The first kappa shape index (κ1) is 17.5. The van der Waals surface area contributed by atoms with Crippen LogP contribution >= 0.6 is 11.6 Å². The van der Waals surface area contributed by atoms with Gasteiger partial charge < -0.3 is 10.1 Å². The monoisotopic (exact) mass is 362 g/mol. The number of benzene rings is 1. The van der Waals surface area contributed by atoms with E-state index < -0.39 is 0 Å². The van der Waals surface area contributed by atoms with Crippen molar-refractivity contribution in [2.45, 2.75) is 19.3 Å². The lowest BCUT2D eigenvalue weighted by Crippen LogP contribution is -2.34. The lowest BCUT2D eigenvalue weighted by atomic mass is 9.85. The number of amides is 3. The molecule has 1 aromatic rings. The molecule has 1 N–H and O–H groups in total. The fraction of sp³-hybridized carbons (Fsp3) is 0.389. The number of hydrogen-bond acceptors (Lipinski definition) is 4. The normalized spacial score (nSPS) is 22.1. The summed E-state index contributed by atoms with van der Waals surface area (Å²) in [6, 6.07) is 4.90. The summed E-state index contributed by atoms with van der Waals surface area (Å²) >= 11 is 5.94. The van der Waals surface area contributed by atoms with Crippen molar-refractivity contribution in [3.63, 3.8) is 0 Å². The zero-order chi connectivity index (χ0) is 18.0. The Morgan fingerprint density at radius 1 is 1.24 bits per heavy atom. The summed E-state index contributed by atoms with van der Waals surface area (Å²) in [6.45, 7) is 0.0827. The molecule has 0 bridgehead atoms. The number of allylic oxidation sites excluding steroid dienone is 2. The maximum atomic E-state index is 12.4. The summed E-state index contributed by atoms with van der Waals surface area (Å²) in [5.41, 5.74) is 0.456. The number of fused-ring (bicyclic) bond motifs is 1. The summed E-state index contributed by atoms with van der Waals surface area (Å²) in [6.07, 6.45) is 5.09. The van der Waals surface area contributed by atoms with Crippen LogP contribution in [0, 0.1) is 11.8 Å². The number of carbonyl (C=O) groups is 3. The van der Waals surface area contributed by atoms with Gasteiger partial charge in [-0.1, -0.05) is 23.8 Å². The number of methoxy groups -OCH3 is 1. The molecule has 2 atom stereocenters. The highest BCUT2D eigenvalue weighted by atomic mass is 35.5. The second kappa shape index (κ2) is 7.27. The van der Waals surface area contributed by atoms with Crippen molar-refractivity contribution >= 4 is 35.0 Å². The van der Waals surface area contributed by atoms with Crippen molar-refractivity contribution < 1.29 is 19.1 Å². The van der Waals surface area contributed by atoms with Gasteiger partial charge in [0.05, 0.1) is 24.6 Å². The molecule has 7 heteroatoms. The number of anilines is 1. The van der Waals surface area contributed by atoms with Gasteiger partial charge in [-0.05, 0) is 31.0 Å². The molecule has 3 rings (SSSR count). The second-order valence-electron chi connectivity index (χ2n) is 6.13. The van der Waals surface area contributed by atoms with Gasteiger partial charge in [0.15, 0.2) is 0 Å². The molecule has 132 valence electrons. The van der Waals surface area contributed by atoms with Crippen LogP contribution in [0.2, 0.25) is 5.02 Å². The number of imide groups is 1. The molecule has 3 amide bonds. The number of carbonyl (C=O) groups excluding carboxylic acids is 3. The number of rotatable bonds is 5. The first-order valence-electron chi connectivity index (χ1n) is 8.15. The van der Waals surface area contributed by atoms with Crippen LogP contribution in [0.15, 0.2) is 30.4 Å². The van der Waals surface area contributed by atoms with Gasteiger partial charge in [-0.25, -0.2) is 0 Å². The fourth-order valence-corrected chi connectivity index (χ4v) is 3.47. The van der Waals surface area contributed by atoms with E-state index in [1.165, 1.54) is 12.0 Å². The zero-order valence-electron chi connectivity index (χ0n) is 13.8. The molecule has 25 heavy (non-hydrogen) atoms. The summed E-state index contributed by atoms with van der Waals surface area (Å²) in [5, 5.41) is 3.18. The van der Waals surface area contributed by atoms with Gasteiger partial charge in [0, 0.05) is 18.0 Å². The van der Waals surface area contributed by atoms with Crippen LogP contribution in [0.1, 0.15) is 19.3 Å². The molecular weight excluding hydrogens is 344 g/mol. The van der Waals surface area contributed by atoms with E-state index >= 15 is 0 Å². The zero-order valence-corrected chi connectivity index (χ0v) is 14.6. The molecule has 0 saturated carbocycles. The molecule has 0 spiro atoms. The van der Waals surface area contributed by atoms with Gasteiger partial charge in [-0.15, -0.1) is 0 Å². The summed E-state index contributed by atoms with van der Waals surface area (Å²) in [4.78, 5) is 38.2. The summed E-state index contributed by atoms with van der Waals surface area (Å²) in [7, 11) is 1.50. The average molecular weight is 363 g/mol. The summed E-state index contributed by atoms with van der Waals surface area (Å²) < 4.78 is 5.18. The van der Waals surface area contributed by atoms with E-state index in [1.54, 1.807) is 18.2 Å². The van der Waals surface area contributed by atoms with Crippen molar-refractivity contribution in [3.05, 3.63) is 35.4 Å². The largest absolute Gasteiger partial charge is 0.495 e. The van der Waals surface area contributed by atoms with E-state index in [1.807, 2.05) is 12.2 Å². The van der Waals surface area contributed by atoms with Gasteiger partial charge in [0.1, 0.15) is 5.75 Å². The minimum atomic E-state index is -0.311. The van der Waals surface area contributed by atoms with Crippen LogP contribution in [0.5, 0.6) is 5.75 Å². The number of halogens is 1. The van der Waals surface area contributed by atoms with Gasteiger partial charge in [-0.3, -0.25) is 19.3 Å². The Bertz CT molecular complexity index is 721.